The Morgan fingerprint density at radius 3 is 3.05 bits per heavy atom. The van der Waals surface area contributed by atoms with E-state index in [1.807, 2.05) is 24.3 Å². The molecule has 1 aliphatic heterocycles. The van der Waals surface area contributed by atoms with E-state index >= 15 is 0 Å². The summed E-state index contributed by atoms with van der Waals surface area (Å²) in [6.07, 6.45) is 9.08. The molecule has 1 aromatic carbocycles. The van der Waals surface area contributed by atoms with Crippen LogP contribution >= 0.6 is 22.7 Å². The lowest BCUT2D eigenvalue weighted by molar-refractivity contribution is 0.346. The minimum atomic E-state index is 0.617. The molecule has 3 nitrogen and oxygen atoms in total. The first-order chi connectivity index (χ1) is 10.4. The van der Waals surface area contributed by atoms with E-state index in [9.17, 15) is 0 Å². The number of hydrogen-bond donors (Lipinski definition) is 0. The molecule has 0 amide bonds. The molecule has 3 heterocycles. The number of rotatable bonds is 3. The number of thiazole rings is 2. The summed E-state index contributed by atoms with van der Waals surface area (Å²) in [7, 11) is 0. The van der Waals surface area contributed by atoms with Crippen LogP contribution in [0.25, 0.3) is 22.4 Å². The fraction of sp³-hybridized carbons (Fsp3) is 0.125. The maximum Gasteiger partial charge on any atom is 0.232 e. The molecule has 0 atom stereocenters. The molecule has 0 fully saturated rings. The van der Waals surface area contributed by atoms with Crippen molar-refractivity contribution in [3.63, 3.8) is 0 Å². The Morgan fingerprint density at radius 1 is 1.19 bits per heavy atom. The smallest absolute Gasteiger partial charge is 0.232 e. The number of benzene rings is 1. The molecule has 0 aliphatic carbocycles. The highest BCUT2D eigenvalue weighted by Gasteiger charge is 2.11. The van der Waals surface area contributed by atoms with Crippen LogP contribution in [0.1, 0.15) is 14.9 Å². The predicted octanol–water partition coefficient (Wildman–Crippen LogP) is 4.41. The number of hydrogen-bond acceptors (Lipinski definition) is 5. The van der Waals surface area contributed by atoms with Gasteiger partial charge in [-0.3, -0.25) is 0 Å². The highest BCUT2D eigenvalue weighted by Crippen LogP contribution is 2.30. The molecule has 21 heavy (non-hydrogen) atoms. The van der Waals surface area contributed by atoms with Crippen molar-refractivity contribution in [3.8, 4) is 5.88 Å². The number of allylic oxidation sites excluding steroid dienone is 1. The number of ether oxygens (including phenoxy) is 1. The second-order valence-corrected chi connectivity index (χ2v) is 6.79. The van der Waals surface area contributed by atoms with Gasteiger partial charge in [-0.15, -0.1) is 22.7 Å². The van der Waals surface area contributed by atoms with Crippen LogP contribution in [-0.4, -0.2) is 16.6 Å². The summed E-state index contributed by atoms with van der Waals surface area (Å²) in [5.74, 6) is 0.752. The van der Waals surface area contributed by atoms with E-state index < -0.39 is 0 Å². The summed E-state index contributed by atoms with van der Waals surface area (Å²) < 4.78 is 6.72. The van der Waals surface area contributed by atoms with Crippen molar-refractivity contribution < 1.29 is 4.74 Å². The lowest BCUT2D eigenvalue weighted by Gasteiger charge is -2.03. The molecule has 5 heteroatoms. The summed E-state index contributed by atoms with van der Waals surface area (Å²) in [4.78, 5) is 10.2. The summed E-state index contributed by atoms with van der Waals surface area (Å²) in [5.41, 5.74) is 1.08. The van der Waals surface area contributed by atoms with E-state index in [2.05, 4.69) is 34.3 Å². The molecule has 104 valence electrons. The van der Waals surface area contributed by atoms with Crippen LogP contribution in [-0.2, 0) is 6.42 Å². The third kappa shape index (κ3) is 2.62. The van der Waals surface area contributed by atoms with Gasteiger partial charge in [-0.1, -0.05) is 18.2 Å². The number of para-hydroxylation sites is 1. The Morgan fingerprint density at radius 2 is 2.14 bits per heavy atom. The van der Waals surface area contributed by atoms with Gasteiger partial charge in [-0.25, -0.2) is 9.97 Å². The minimum Gasteiger partial charge on any atom is -0.472 e. The van der Waals surface area contributed by atoms with Crippen molar-refractivity contribution in [2.75, 3.05) is 6.61 Å². The van der Waals surface area contributed by atoms with Gasteiger partial charge in [0.05, 0.1) is 20.1 Å². The Bertz CT molecular complexity index is 812. The standard InChI is InChI=1S/C16H12N2OS2/c1-2-6-12-11(5-1)17-14(20-12)8-3-9-15-18-16-13(21-15)7-4-10-19-16/h1-7,9H,8,10H2. The van der Waals surface area contributed by atoms with Gasteiger partial charge in [0.25, 0.3) is 0 Å². The van der Waals surface area contributed by atoms with Crippen molar-refractivity contribution in [3.05, 3.63) is 51.3 Å². The maximum atomic E-state index is 5.48. The molecule has 0 saturated heterocycles. The van der Waals surface area contributed by atoms with Crippen molar-refractivity contribution in [1.29, 1.82) is 0 Å². The van der Waals surface area contributed by atoms with Crippen LogP contribution in [0.4, 0.5) is 0 Å². The first kappa shape index (κ1) is 12.7. The highest BCUT2D eigenvalue weighted by atomic mass is 32.1. The molecule has 0 unspecified atom stereocenters. The normalized spacial score (nSPS) is 13.7. The lowest BCUT2D eigenvalue weighted by Crippen LogP contribution is -1.98. The molecule has 4 rings (SSSR count). The van der Waals surface area contributed by atoms with Gasteiger partial charge in [-0.2, -0.15) is 0 Å². The minimum absolute atomic E-state index is 0.617. The summed E-state index contributed by atoms with van der Waals surface area (Å²) in [6, 6.07) is 8.24. The second-order valence-electron chi connectivity index (χ2n) is 4.62. The van der Waals surface area contributed by atoms with Crippen LogP contribution in [0.15, 0.2) is 36.4 Å². The number of nitrogens with zero attached hydrogens (tertiary/aromatic N) is 2. The topological polar surface area (TPSA) is 35.0 Å². The van der Waals surface area contributed by atoms with Gasteiger partial charge in [-0.05, 0) is 30.4 Å². The summed E-state index contributed by atoms with van der Waals surface area (Å²) in [6.45, 7) is 0.617. The maximum absolute atomic E-state index is 5.48. The molecule has 0 radical (unpaired) electrons. The van der Waals surface area contributed by atoms with E-state index in [1.54, 1.807) is 22.7 Å². The average molecular weight is 312 g/mol. The zero-order valence-corrected chi connectivity index (χ0v) is 12.8. The molecule has 0 N–H and O–H groups in total. The zero-order valence-electron chi connectivity index (χ0n) is 11.2. The molecule has 1 aliphatic rings. The molecule has 0 saturated carbocycles. The second kappa shape index (κ2) is 5.42. The van der Waals surface area contributed by atoms with Crippen molar-refractivity contribution in [2.24, 2.45) is 0 Å². The fourth-order valence-electron chi connectivity index (χ4n) is 2.16. The Labute approximate surface area is 130 Å². The lowest BCUT2D eigenvalue weighted by atomic mass is 10.3. The van der Waals surface area contributed by atoms with E-state index in [1.165, 1.54) is 4.70 Å². The van der Waals surface area contributed by atoms with Crippen LogP contribution in [0.2, 0.25) is 0 Å². The molecular weight excluding hydrogens is 300 g/mol. The summed E-state index contributed by atoms with van der Waals surface area (Å²) >= 11 is 3.39. The molecule has 2 aromatic heterocycles. The molecular formula is C16H12N2OS2. The van der Waals surface area contributed by atoms with Crippen molar-refractivity contribution in [1.82, 2.24) is 9.97 Å². The van der Waals surface area contributed by atoms with Crippen LogP contribution in [0.3, 0.4) is 0 Å². The average Bonchev–Trinajstić information content (AvgIpc) is 3.09. The van der Waals surface area contributed by atoms with Gasteiger partial charge in [0.15, 0.2) is 0 Å². The van der Waals surface area contributed by atoms with Gasteiger partial charge in [0.2, 0.25) is 5.88 Å². The van der Waals surface area contributed by atoms with Crippen LogP contribution in [0.5, 0.6) is 5.88 Å². The van der Waals surface area contributed by atoms with Gasteiger partial charge >= 0.3 is 0 Å². The Balaban J connectivity index is 1.50. The fourth-order valence-corrected chi connectivity index (χ4v) is 3.98. The SMILES string of the molecule is C1=Cc2sc(C=CCc3nc4ccccc4s3)nc2OC1. The van der Waals surface area contributed by atoms with Crippen molar-refractivity contribution >= 4 is 45.0 Å². The van der Waals surface area contributed by atoms with Crippen LogP contribution in [0, 0.1) is 0 Å². The quantitative estimate of drug-likeness (QED) is 0.718. The molecule has 0 bridgehead atoms. The van der Waals surface area contributed by atoms with Gasteiger partial charge < -0.3 is 4.74 Å². The predicted molar refractivity (Wildman–Crippen MR) is 89.0 cm³/mol. The highest BCUT2D eigenvalue weighted by molar-refractivity contribution is 7.18. The van der Waals surface area contributed by atoms with E-state index in [4.69, 9.17) is 4.74 Å². The van der Waals surface area contributed by atoms with Crippen molar-refractivity contribution in [2.45, 2.75) is 6.42 Å². The third-order valence-corrected chi connectivity index (χ3v) is 5.14. The Hall–Kier alpha value is -1.98. The van der Waals surface area contributed by atoms with Crippen LogP contribution < -0.4 is 4.74 Å². The van der Waals surface area contributed by atoms with Gasteiger partial charge in [0.1, 0.15) is 11.6 Å². The van der Waals surface area contributed by atoms with Gasteiger partial charge in [0, 0.05) is 6.42 Å². The first-order valence-electron chi connectivity index (χ1n) is 6.70. The molecule has 0 spiro atoms. The van der Waals surface area contributed by atoms with E-state index in [0.717, 1.165) is 32.7 Å². The Kier molecular flexibility index (Phi) is 3.29. The molecule has 3 aromatic rings. The first-order valence-corrected chi connectivity index (χ1v) is 8.33. The largest absolute Gasteiger partial charge is 0.472 e. The third-order valence-electron chi connectivity index (χ3n) is 3.11. The summed E-state index contributed by atoms with van der Waals surface area (Å²) in [5, 5.41) is 2.11. The zero-order chi connectivity index (χ0) is 14.1. The number of fused-ring (bicyclic) bond motifs is 2. The number of aromatic nitrogens is 2. The van der Waals surface area contributed by atoms with E-state index in [0.29, 0.717) is 6.61 Å². The van der Waals surface area contributed by atoms with E-state index in [-0.39, 0.29) is 0 Å². The monoisotopic (exact) mass is 312 g/mol.